The standard InChI is InChI=1S/C33H49FN6.C3H4.C2H6/c1-10-16-39(8)23(2)19-29(20-28-12-11-17-38(7)18-15-28)24(3)25(4)35-32-14-13-30(34)21-31(32)26(5)36-33-22-40(9)37-27(33)6;1-3-2;1-2/h13-14,19,21-22,28,35-36H,4-5,10-12,15-18,20H2,1-3,6-9H3;1H,2H3;1-2H3/b23-19+,29-24-;;. The molecular formula is C38H59FN6. The number of nitrogens with zero attached hydrogens (tertiary/aromatic N) is 4. The quantitative estimate of drug-likeness (QED) is 0.183. The maximum Gasteiger partial charge on any atom is 0.124 e. The largest absolute Gasteiger partial charge is 0.378 e. The highest BCUT2D eigenvalue weighted by Gasteiger charge is 2.19. The Morgan fingerprint density at radius 3 is 2.42 bits per heavy atom. The fraction of sp³-hybridized carbons (Fsp3) is 0.500. The third kappa shape index (κ3) is 13.0. The van der Waals surface area contributed by atoms with Crippen LogP contribution in [0.5, 0.6) is 0 Å². The molecule has 1 atom stereocenters. The Morgan fingerprint density at radius 2 is 1.82 bits per heavy atom. The van der Waals surface area contributed by atoms with E-state index in [9.17, 15) is 4.39 Å². The zero-order valence-electron chi connectivity index (χ0n) is 29.8. The van der Waals surface area contributed by atoms with Gasteiger partial charge in [-0.15, -0.1) is 12.3 Å². The maximum absolute atomic E-state index is 14.4. The first-order chi connectivity index (χ1) is 21.4. The van der Waals surface area contributed by atoms with Crippen LogP contribution < -0.4 is 10.6 Å². The van der Waals surface area contributed by atoms with E-state index in [1.54, 1.807) is 17.7 Å². The van der Waals surface area contributed by atoms with E-state index in [-0.39, 0.29) is 5.82 Å². The number of nitrogens with one attached hydrogen (secondary N) is 2. The van der Waals surface area contributed by atoms with Crippen LogP contribution in [0, 0.1) is 31.0 Å². The smallest absolute Gasteiger partial charge is 0.124 e. The molecule has 0 saturated carbocycles. The number of benzene rings is 1. The van der Waals surface area contributed by atoms with Crippen LogP contribution in [0.25, 0.3) is 5.70 Å². The molecule has 3 rings (SSSR count). The Kier molecular flexibility index (Phi) is 17.7. The van der Waals surface area contributed by atoms with Crippen LogP contribution in [-0.2, 0) is 7.05 Å². The fourth-order valence-electron chi connectivity index (χ4n) is 5.30. The van der Waals surface area contributed by atoms with E-state index in [0.29, 0.717) is 17.2 Å². The van der Waals surface area contributed by atoms with Crippen molar-refractivity contribution in [2.75, 3.05) is 44.4 Å². The van der Waals surface area contributed by atoms with Crippen molar-refractivity contribution in [1.82, 2.24) is 19.6 Å². The Morgan fingerprint density at radius 1 is 1.16 bits per heavy atom. The number of terminal acetylenes is 1. The number of hydrogen-bond donors (Lipinski definition) is 2. The van der Waals surface area contributed by atoms with Gasteiger partial charge in [0.15, 0.2) is 0 Å². The van der Waals surface area contributed by atoms with Gasteiger partial charge in [-0.2, -0.15) is 5.10 Å². The number of likely N-dealkylation sites (tertiary alicyclic amines) is 1. The topological polar surface area (TPSA) is 48.4 Å². The predicted octanol–water partition coefficient (Wildman–Crippen LogP) is 9.23. The molecule has 2 N–H and O–H groups in total. The van der Waals surface area contributed by atoms with Crippen LogP contribution in [0.15, 0.2) is 66.2 Å². The summed E-state index contributed by atoms with van der Waals surface area (Å²) in [6.45, 7) is 26.1. The SMILES string of the molecule is C#CC.C=C(Nc1ccc(F)cc1C(=C)Nc1cn(C)nc1C)/C(C)=C(/C=C(\C)N(C)CCC)CC1CCCN(C)CC1.CC. The molecule has 0 aliphatic carbocycles. The molecular weight excluding hydrogens is 559 g/mol. The normalized spacial score (nSPS) is 15.6. The molecule has 1 aromatic carbocycles. The van der Waals surface area contributed by atoms with E-state index in [4.69, 9.17) is 0 Å². The van der Waals surface area contributed by atoms with Crippen LogP contribution >= 0.6 is 0 Å². The lowest BCUT2D eigenvalue weighted by atomic mass is 9.89. The minimum Gasteiger partial charge on any atom is -0.378 e. The second kappa shape index (κ2) is 20.3. The molecule has 1 unspecified atom stereocenters. The van der Waals surface area contributed by atoms with Crippen molar-refractivity contribution >= 4 is 17.1 Å². The van der Waals surface area contributed by atoms with Crippen molar-refractivity contribution in [1.29, 1.82) is 0 Å². The second-order valence-electron chi connectivity index (χ2n) is 11.6. The molecule has 0 radical (unpaired) electrons. The Bertz CT molecular complexity index is 1340. The summed E-state index contributed by atoms with van der Waals surface area (Å²) in [4.78, 5) is 4.76. The van der Waals surface area contributed by atoms with Crippen molar-refractivity contribution < 1.29 is 4.39 Å². The third-order valence-electron chi connectivity index (χ3n) is 7.95. The molecule has 0 amide bonds. The van der Waals surface area contributed by atoms with Crippen molar-refractivity contribution in [2.45, 2.75) is 80.6 Å². The van der Waals surface area contributed by atoms with Gasteiger partial charge in [-0.1, -0.05) is 33.9 Å². The second-order valence-corrected chi connectivity index (χ2v) is 11.6. The zero-order valence-corrected chi connectivity index (χ0v) is 29.8. The average Bonchev–Trinajstić information content (AvgIpc) is 3.17. The number of rotatable bonds is 12. The molecule has 0 bridgehead atoms. The Labute approximate surface area is 274 Å². The molecule has 6 nitrogen and oxygen atoms in total. The minimum atomic E-state index is -0.319. The van der Waals surface area contributed by atoms with Crippen LogP contribution in [0.1, 0.15) is 84.9 Å². The summed E-state index contributed by atoms with van der Waals surface area (Å²) in [5.41, 5.74) is 8.17. The highest BCUT2D eigenvalue weighted by atomic mass is 19.1. The van der Waals surface area contributed by atoms with Crippen LogP contribution in [0.4, 0.5) is 15.8 Å². The van der Waals surface area contributed by atoms with Gasteiger partial charge < -0.3 is 20.4 Å². The summed E-state index contributed by atoms with van der Waals surface area (Å²) in [6, 6.07) is 4.72. The molecule has 0 spiro atoms. The number of aromatic nitrogens is 2. The van der Waals surface area contributed by atoms with Gasteiger partial charge >= 0.3 is 0 Å². The Hall–Kier alpha value is -3.76. The van der Waals surface area contributed by atoms with E-state index in [1.165, 1.54) is 49.2 Å². The molecule has 1 saturated heterocycles. The summed E-state index contributed by atoms with van der Waals surface area (Å²) in [7, 11) is 6.25. The van der Waals surface area contributed by atoms with Gasteiger partial charge in [-0.3, -0.25) is 4.68 Å². The summed E-state index contributed by atoms with van der Waals surface area (Å²) in [5, 5.41) is 11.2. The lowest BCUT2D eigenvalue weighted by molar-refractivity contribution is 0.341. The van der Waals surface area contributed by atoms with Gasteiger partial charge in [0.1, 0.15) is 5.82 Å². The van der Waals surface area contributed by atoms with Crippen molar-refractivity contribution in [3.63, 3.8) is 0 Å². The first kappa shape index (κ1) is 39.3. The molecule has 2 heterocycles. The van der Waals surface area contributed by atoms with Gasteiger partial charge in [0, 0.05) is 55.2 Å². The minimum absolute atomic E-state index is 0.319. The molecule has 7 heteroatoms. The number of anilines is 2. The molecule has 2 aromatic rings. The van der Waals surface area contributed by atoms with Crippen molar-refractivity contribution in [3.8, 4) is 12.3 Å². The van der Waals surface area contributed by atoms with Gasteiger partial charge in [-0.25, -0.2) is 4.39 Å². The van der Waals surface area contributed by atoms with Gasteiger partial charge in [-0.05, 0) is 121 Å². The monoisotopic (exact) mass is 618 g/mol. The first-order valence-electron chi connectivity index (χ1n) is 16.3. The van der Waals surface area contributed by atoms with Crippen molar-refractivity contribution in [3.05, 3.63) is 83.2 Å². The third-order valence-corrected chi connectivity index (χ3v) is 7.95. The lowest BCUT2D eigenvalue weighted by Crippen LogP contribution is -2.19. The van der Waals surface area contributed by atoms with E-state index in [2.05, 4.69) is 92.0 Å². The average molecular weight is 619 g/mol. The highest BCUT2D eigenvalue weighted by Crippen LogP contribution is 2.32. The van der Waals surface area contributed by atoms with Crippen LogP contribution in [-0.4, -0.2) is 53.3 Å². The van der Waals surface area contributed by atoms with Crippen LogP contribution in [0.2, 0.25) is 0 Å². The number of aryl methyl sites for hydroxylation is 2. The zero-order chi connectivity index (χ0) is 34.1. The molecule has 1 aliphatic heterocycles. The molecule has 1 aromatic heterocycles. The van der Waals surface area contributed by atoms with E-state index in [1.807, 2.05) is 34.0 Å². The first-order valence-corrected chi connectivity index (χ1v) is 16.3. The number of allylic oxidation sites excluding steroid dienone is 4. The Balaban J connectivity index is 0.00000191. The summed E-state index contributed by atoms with van der Waals surface area (Å²) in [6.07, 6.45) is 14.6. The molecule has 45 heavy (non-hydrogen) atoms. The van der Waals surface area contributed by atoms with Gasteiger partial charge in [0.05, 0.1) is 11.4 Å². The summed E-state index contributed by atoms with van der Waals surface area (Å²) >= 11 is 0. The molecule has 1 aliphatic rings. The summed E-state index contributed by atoms with van der Waals surface area (Å²) < 4.78 is 16.1. The molecule has 1 fully saturated rings. The van der Waals surface area contributed by atoms with E-state index < -0.39 is 0 Å². The number of halogens is 1. The summed E-state index contributed by atoms with van der Waals surface area (Å²) in [5.74, 6) is 2.57. The molecule has 248 valence electrons. The maximum atomic E-state index is 14.4. The van der Waals surface area contributed by atoms with E-state index in [0.717, 1.165) is 54.3 Å². The lowest BCUT2D eigenvalue weighted by Gasteiger charge is -2.23. The van der Waals surface area contributed by atoms with Crippen molar-refractivity contribution in [2.24, 2.45) is 13.0 Å². The predicted molar refractivity (Wildman–Crippen MR) is 194 cm³/mol. The number of hydrogen-bond acceptors (Lipinski definition) is 5. The fourth-order valence-corrected chi connectivity index (χ4v) is 5.30. The van der Waals surface area contributed by atoms with Gasteiger partial charge in [0.2, 0.25) is 0 Å². The highest BCUT2D eigenvalue weighted by molar-refractivity contribution is 5.83. The van der Waals surface area contributed by atoms with Crippen LogP contribution in [0.3, 0.4) is 0 Å². The van der Waals surface area contributed by atoms with E-state index >= 15 is 0 Å². The van der Waals surface area contributed by atoms with Gasteiger partial charge in [0.25, 0.3) is 0 Å².